The summed E-state index contributed by atoms with van der Waals surface area (Å²) in [7, 11) is 0. The SMILES string of the molecule is CCCCN(CC)CCCC(CCC)CCN. The molecule has 104 valence electrons. The van der Waals surface area contributed by atoms with E-state index in [0.717, 1.165) is 12.5 Å². The molecular weight excluding hydrogens is 208 g/mol. The molecule has 2 N–H and O–H groups in total. The van der Waals surface area contributed by atoms with E-state index in [0.29, 0.717) is 0 Å². The van der Waals surface area contributed by atoms with Crippen LogP contribution in [0, 0.1) is 5.92 Å². The van der Waals surface area contributed by atoms with Gasteiger partial charge in [-0.2, -0.15) is 0 Å². The molecule has 0 fully saturated rings. The molecule has 0 aromatic carbocycles. The highest BCUT2D eigenvalue weighted by Crippen LogP contribution is 2.17. The molecule has 0 aliphatic heterocycles. The lowest BCUT2D eigenvalue weighted by Gasteiger charge is -2.22. The van der Waals surface area contributed by atoms with E-state index in [1.807, 2.05) is 0 Å². The van der Waals surface area contributed by atoms with Crippen molar-refractivity contribution in [2.24, 2.45) is 11.7 Å². The minimum absolute atomic E-state index is 0.859. The monoisotopic (exact) mass is 242 g/mol. The summed E-state index contributed by atoms with van der Waals surface area (Å²) in [6.07, 6.45) is 9.25. The zero-order chi connectivity index (χ0) is 12.9. The fraction of sp³-hybridized carbons (Fsp3) is 1.00. The summed E-state index contributed by atoms with van der Waals surface area (Å²) in [4.78, 5) is 2.59. The molecule has 0 rings (SSSR count). The number of unbranched alkanes of at least 4 members (excludes halogenated alkanes) is 1. The molecule has 0 spiro atoms. The Kier molecular flexibility index (Phi) is 12.3. The summed E-state index contributed by atoms with van der Waals surface area (Å²) in [5.41, 5.74) is 5.67. The van der Waals surface area contributed by atoms with Gasteiger partial charge in [-0.25, -0.2) is 0 Å². The molecule has 0 heterocycles. The lowest BCUT2D eigenvalue weighted by molar-refractivity contribution is 0.265. The second kappa shape index (κ2) is 12.4. The van der Waals surface area contributed by atoms with Crippen molar-refractivity contribution in [2.45, 2.75) is 65.7 Å². The summed E-state index contributed by atoms with van der Waals surface area (Å²) < 4.78 is 0. The number of nitrogens with two attached hydrogens (primary N) is 1. The van der Waals surface area contributed by atoms with Crippen molar-refractivity contribution in [3.8, 4) is 0 Å². The maximum absolute atomic E-state index is 5.67. The van der Waals surface area contributed by atoms with Crippen LogP contribution in [0.1, 0.15) is 65.7 Å². The van der Waals surface area contributed by atoms with Gasteiger partial charge in [-0.15, -0.1) is 0 Å². The van der Waals surface area contributed by atoms with Crippen molar-refractivity contribution in [3.05, 3.63) is 0 Å². The number of nitrogens with zero attached hydrogens (tertiary/aromatic N) is 1. The van der Waals surface area contributed by atoms with Gasteiger partial charge in [0.1, 0.15) is 0 Å². The predicted molar refractivity (Wildman–Crippen MR) is 78.3 cm³/mol. The molecular formula is C15H34N2. The summed E-state index contributed by atoms with van der Waals surface area (Å²) in [5, 5.41) is 0. The van der Waals surface area contributed by atoms with Crippen molar-refractivity contribution in [3.63, 3.8) is 0 Å². The number of hydrogen-bond acceptors (Lipinski definition) is 2. The molecule has 0 aromatic heterocycles. The Bertz CT molecular complexity index is 142. The Morgan fingerprint density at radius 3 is 2.12 bits per heavy atom. The molecule has 0 saturated heterocycles. The highest BCUT2D eigenvalue weighted by Gasteiger charge is 2.08. The van der Waals surface area contributed by atoms with E-state index in [9.17, 15) is 0 Å². The first-order valence-corrected chi connectivity index (χ1v) is 7.70. The second-order valence-corrected chi connectivity index (χ2v) is 5.16. The maximum atomic E-state index is 5.67. The Hall–Kier alpha value is -0.0800. The fourth-order valence-corrected chi connectivity index (χ4v) is 2.49. The van der Waals surface area contributed by atoms with Crippen LogP contribution in [0.4, 0.5) is 0 Å². The van der Waals surface area contributed by atoms with Crippen LogP contribution in [-0.4, -0.2) is 31.1 Å². The molecule has 0 aromatic rings. The Labute approximate surface area is 109 Å². The number of hydrogen-bond donors (Lipinski definition) is 1. The van der Waals surface area contributed by atoms with E-state index in [2.05, 4.69) is 25.7 Å². The average Bonchev–Trinajstić information content (AvgIpc) is 2.34. The molecule has 0 radical (unpaired) electrons. The normalized spacial score (nSPS) is 13.2. The highest BCUT2D eigenvalue weighted by molar-refractivity contribution is 4.62. The van der Waals surface area contributed by atoms with E-state index < -0.39 is 0 Å². The molecule has 1 unspecified atom stereocenters. The van der Waals surface area contributed by atoms with Crippen molar-refractivity contribution in [2.75, 3.05) is 26.2 Å². The van der Waals surface area contributed by atoms with Crippen LogP contribution in [0.2, 0.25) is 0 Å². The van der Waals surface area contributed by atoms with Gasteiger partial charge in [-0.3, -0.25) is 0 Å². The molecule has 0 aliphatic rings. The summed E-state index contributed by atoms with van der Waals surface area (Å²) in [6, 6.07) is 0. The first-order valence-electron chi connectivity index (χ1n) is 7.70. The second-order valence-electron chi connectivity index (χ2n) is 5.16. The van der Waals surface area contributed by atoms with Gasteiger partial charge in [0.2, 0.25) is 0 Å². The lowest BCUT2D eigenvalue weighted by Crippen LogP contribution is -2.26. The lowest BCUT2D eigenvalue weighted by atomic mass is 9.94. The van der Waals surface area contributed by atoms with Crippen molar-refractivity contribution in [1.29, 1.82) is 0 Å². The Morgan fingerprint density at radius 2 is 1.59 bits per heavy atom. The fourth-order valence-electron chi connectivity index (χ4n) is 2.49. The van der Waals surface area contributed by atoms with Gasteiger partial charge in [0.15, 0.2) is 0 Å². The Balaban J connectivity index is 3.67. The molecule has 0 amide bonds. The zero-order valence-corrected chi connectivity index (χ0v) is 12.4. The van der Waals surface area contributed by atoms with E-state index in [1.54, 1.807) is 0 Å². The van der Waals surface area contributed by atoms with Crippen LogP contribution in [0.5, 0.6) is 0 Å². The third-order valence-corrected chi connectivity index (χ3v) is 3.63. The standard InChI is InChI=1S/C15H34N2/c1-4-7-13-17(6-3)14-8-10-15(9-5-2)11-12-16/h15H,4-14,16H2,1-3H3. The van der Waals surface area contributed by atoms with Gasteiger partial charge in [0.05, 0.1) is 0 Å². The average molecular weight is 242 g/mol. The third kappa shape index (κ3) is 9.61. The smallest absolute Gasteiger partial charge is 0.00188 e. The minimum atomic E-state index is 0.859. The van der Waals surface area contributed by atoms with Crippen molar-refractivity contribution in [1.82, 2.24) is 4.90 Å². The molecule has 0 bridgehead atoms. The van der Waals surface area contributed by atoms with E-state index >= 15 is 0 Å². The largest absolute Gasteiger partial charge is 0.330 e. The van der Waals surface area contributed by atoms with Crippen LogP contribution < -0.4 is 5.73 Å². The molecule has 17 heavy (non-hydrogen) atoms. The van der Waals surface area contributed by atoms with Crippen molar-refractivity contribution >= 4 is 0 Å². The third-order valence-electron chi connectivity index (χ3n) is 3.63. The summed E-state index contributed by atoms with van der Waals surface area (Å²) >= 11 is 0. The van der Waals surface area contributed by atoms with Crippen LogP contribution in [0.25, 0.3) is 0 Å². The maximum Gasteiger partial charge on any atom is -0.00188 e. The minimum Gasteiger partial charge on any atom is -0.330 e. The molecule has 2 nitrogen and oxygen atoms in total. The Morgan fingerprint density at radius 1 is 0.882 bits per heavy atom. The van der Waals surface area contributed by atoms with Gasteiger partial charge in [0, 0.05) is 0 Å². The van der Waals surface area contributed by atoms with Crippen LogP contribution in [0.15, 0.2) is 0 Å². The molecule has 2 heteroatoms. The highest BCUT2D eigenvalue weighted by atomic mass is 15.1. The predicted octanol–water partition coefficient (Wildman–Crippen LogP) is 3.65. The van der Waals surface area contributed by atoms with Gasteiger partial charge in [-0.05, 0) is 57.8 Å². The summed E-state index contributed by atoms with van der Waals surface area (Å²) in [5.74, 6) is 0.870. The van der Waals surface area contributed by atoms with Gasteiger partial charge >= 0.3 is 0 Å². The zero-order valence-electron chi connectivity index (χ0n) is 12.4. The van der Waals surface area contributed by atoms with Crippen LogP contribution in [0.3, 0.4) is 0 Å². The topological polar surface area (TPSA) is 29.3 Å². The molecule has 0 aliphatic carbocycles. The van der Waals surface area contributed by atoms with Crippen LogP contribution >= 0.6 is 0 Å². The molecule has 0 saturated carbocycles. The van der Waals surface area contributed by atoms with Gasteiger partial charge < -0.3 is 10.6 Å². The van der Waals surface area contributed by atoms with E-state index in [1.165, 1.54) is 64.6 Å². The van der Waals surface area contributed by atoms with Gasteiger partial charge in [0.25, 0.3) is 0 Å². The molecule has 1 atom stereocenters. The first kappa shape index (κ1) is 16.9. The quantitative estimate of drug-likeness (QED) is 0.566. The summed E-state index contributed by atoms with van der Waals surface area (Å²) in [6.45, 7) is 11.4. The number of rotatable bonds is 12. The van der Waals surface area contributed by atoms with Crippen molar-refractivity contribution < 1.29 is 0 Å². The van der Waals surface area contributed by atoms with Gasteiger partial charge in [-0.1, -0.05) is 40.0 Å². The first-order chi connectivity index (χ1) is 8.28. The van der Waals surface area contributed by atoms with E-state index in [4.69, 9.17) is 5.73 Å². The van der Waals surface area contributed by atoms with E-state index in [-0.39, 0.29) is 0 Å². The van der Waals surface area contributed by atoms with Crippen LogP contribution in [-0.2, 0) is 0 Å².